The van der Waals surface area contributed by atoms with Crippen molar-refractivity contribution in [3.8, 4) is 0 Å². The molecular weight excluding hydrogens is 300 g/mol. The van der Waals surface area contributed by atoms with Gasteiger partial charge in [0.25, 0.3) is 5.91 Å². The predicted molar refractivity (Wildman–Crippen MR) is 96.4 cm³/mol. The Balaban J connectivity index is 1.73. The number of hydrogen-bond acceptors (Lipinski definition) is 3. The van der Waals surface area contributed by atoms with E-state index in [4.69, 9.17) is 0 Å². The van der Waals surface area contributed by atoms with Crippen LogP contribution in [0.2, 0.25) is 0 Å². The summed E-state index contributed by atoms with van der Waals surface area (Å²) in [5, 5.41) is 12.5. The molecule has 2 aromatic carbocycles. The number of para-hydroxylation sites is 1. The molecule has 0 bridgehead atoms. The van der Waals surface area contributed by atoms with E-state index in [1.165, 1.54) is 11.3 Å². The first-order chi connectivity index (χ1) is 11.8. The molecule has 1 heterocycles. The van der Waals surface area contributed by atoms with Crippen LogP contribution in [0.4, 0.5) is 5.69 Å². The lowest BCUT2D eigenvalue weighted by atomic mass is 10.1. The number of amides is 1. The molecule has 1 aliphatic heterocycles. The molecule has 24 heavy (non-hydrogen) atoms. The zero-order valence-electron chi connectivity index (χ0n) is 13.8. The number of nitrogens with zero attached hydrogens (tertiary/aromatic N) is 1. The summed E-state index contributed by atoms with van der Waals surface area (Å²) in [7, 11) is 0. The van der Waals surface area contributed by atoms with Gasteiger partial charge >= 0.3 is 0 Å². The van der Waals surface area contributed by atoms with Gasteiger partial charge in [-0.3, -0.25) is 4.79 Å². The van der Waals surface area contributed by atoms with Gasteiger partial charge in [-0.25, -0.2) is 0 Å². The molecule has 1 atom stereocenters. The Morgan fingerprint density at radius 2 is 1.88 bits per heavy atom. The molecule has 4 nitrogen and oxygen atoms in total. The van der Waals surface area contributed by atoms with Gasteiger partial charge < -0.3 is 15.3 Å². The van der Waals surface area contributed by atoms with E-state index < -0.39 is 0 Å². The monoisotopic (exact) mass is 324 g/mol. The highest BCUT2D eigenvalue weighted by Crippen LogP contribution is 2.29. The van der Waals surface area contributed by atoms with E-state index in [1.54, 1.807) is 0 Å². The third-order valence-corrected chi connectivity index (χ3v) is 4.60. The standard InChI is InChI=1S/C20H24N2O2/c23-14-13-22-18(11-6-10-16-7-4-5-12-19(16)22)15-21-20(24)17-8-2-1-3-9-17/h1-5,7-9,12,18,23H,6,10-11,13-15H2,(H,21,24). The number of carbonyl (C=O) groups excluding carboxylic acids is 1. The number of nitrogens with one attached hydrogen (secondary N) is 1. The van der Waals surface area contributed by atoms with Crippen LogP contribution in [0.15, 0.2) is 54.6 Å². The van der Waals surface area contributed by atoms with E-state index in [0.29, 0.717) is 18.7 Å². The molecule has 0 fully saturated rings. The number of anilines is 1. The summed E-state index contributed by atoms with van der Waals surface area (Å²) in [4.78, 5) is 14.5. The summed E-state index contributed by atoms with van der Waals surface area (Å²) < 4.78 is 0. The highest BCUT2D eigenvalue weighted by atomic mass is 16.3. The van der Waals surface area contributed by atoms with Crippen LogP contribution < -0.4 is 10.2 Å². The Kier molecular flexibility index (Phi) is 5.49. The van der Waals surface area contributed by atoms with Crippen molar-refractivity contribution in [3.63, 3.8) is 0 Å². The van der Waals surface area contributed by atoms with Crippen molar-refractivity contribution in [2.75, 3.05) is 24.6 Å². The SMILES string of the molecule is O=C(NCC1CCCc2ccccc2N1CCO)c1ccccc1. The molecule has 0 aliphatic carbocycles. The van der Waals surface area contributed by atoms with E-state index >= 15 is 0 Å². The average molecular weight is 324 g/mol. The van der Waals surface area contributed by atoms with Crippen LogP contribution in [-0.4, -0.2) is 36.8 Å². The van der Waals surface area contributed by atoms with Crippen LogP contribution in [0.3, 0.4) is 0 Å². The lowest BCUT2D eigenvalue weighted by Crippen LogP contribution is -2.45. The fourth-order valence-corrected chi connectivity index (χ4v) is 3.41. The van der Waals surface area contributed by atoms with E-state index in [2.05, 4.69) is 28.4 Å². The molecule has 0 aromatic heterocycles. The first kappa shape index (κ1) is 16.5. The lowest BCUT2D eigenvalue weighted by molar-refractivity contribution is 0.0950. The number of hydrogen-bond donors (Lipinski definition) is 2. The van der Waals surface area contributed by atoms with Gasteiger partial charge in [0, 0.05) is 30.4 Å². The van der Waals surface area contributed by atoms with Crippen LogP contribution in [0, 0.1) is 0 Å². The average Bonchev–Trinajstić information content (AvgIpc) is 2.80. The molecule has 1 aliphatic rings. The topological polar surface area (TPSA) is 52.6 Å². The zero-order chi connectivity index (χ0) is 16.8. The van der Waals surface area contributed by atoms with Crippen molar-refractivity contribution in [1.29, 1.82) is 0 Å². The van der Waals surface area contributed by atoms with Crippen LogP contribution in [0.25, 0.3) is 0 Å². The molecule has 0 saturated carbocycles. The van der Waals surface area contributed by atoms with Gasteiger partial charge in [-0.1, -0.05) is 36.4 Å². The van der Waals surface area contributed by atoms with Gasteiger partial charge in [-0.05, 0) is 43.0 Å². The third-order valence-electron chi connectivity index (χ3n) is 4.60. The van der Waals surface area contributed by atoms with Crippen molar-refractivity contribution in [1.82, 2.24) is 5.32 Å². The maximum Gasteiger partial charge on any atom is 0.251 e. The number of benzene rings is 2. The van der Waals surface area contributed by atoms with E-state index in [9.17, 15) is 9.90 Å². The fraction of sp³-hybridized carbons (Fsp3) is 0.350. The maximum absolute atomic E-state index is 12.3. The number of rotatable bonds is 5. The number of carbonyl (C=O) groups is 1. The van der Waals surface area contributed by atoms with Crippen LogP contribution in [0.1, 0.15) is 28.8 Å². The Morgan fingerprint density at radius 1 is 1.12 bits per heavy atom. The van der Waals surface area contributed by atoms with Gasteiger partial charge in [0.15, 0.2) is 0 Å². The van der Waals surface area contributed by atoms with Crippen molar-refractivity contribution in [3.05, 3.63) is 65.7 Å². The molecule has 2 N–H and O–H groups in total. The number of fused-ring (bicyclic) bond motifs is 1. The first-order valence-corrected chi connectivity index (χ1v) is 8.58. The predicted octanol–water partition coefficient (Wildman–Crippen LogP) is 2.62. The van der Waals surface area contributed by atoms with Gasteiger partial charge in [-0.15, -0.1) is 0 Å². The molecule has 0 radical (unpaired) electrons. The molecule has 0 saturated heterocycles. The Hall–Kier alpha value is -2.33. The number of aliphatic hydroxyl groups excluding tert-OH is 1. The fourth-order valence-electron chi connectivity index (χ4n) is 3.41. The number of aliphatic hydroxyl groups is 1. The molecular formula is C20H24N2O2. The van der Waals surface area contributed by atoms with Gasteiger partial charge in [0.05, 0.1) is 6.61 Å². The second-order valence-corrected chi connectivity index (χ2v) is 6.17. The van der Waals surface area contributed by atoms with E-state index in [1.807, 2.05) is 36.4 Å². The summed E-state index contributed by atoms with van der Waals surface area (Å²) in [5.41, 5.74) is 3.19. The highest BCUT2D eigenvalue weighted by Gasteiger charge is 2.24. The van der Waals surface area contributed by atoms with E-state index in [-0.39, 0.29) is 18.6 Å². The van der Waals surface area contributed by atoms with Crippen molar-refractivity contribution in [2.24, 2.45) is 0 Å². The number of aryl methyl sites for hydroxylation is 1. The summed E-state index contributed by atoms with van der Waals surface area (Å²) in [6.07, 6.45) is 3.13. The minimum absolute atomic E-state index is 0.0444. The normalized spacial score (nSPS) is 17.0. The van der Waals surface area contributed by atoms with Crippen molar-refractivity contribution < 1.29 is 9.90 Å². The van der Waals surface area contributed by atoms with E-state index in [0.717, 1.165) is 19.3 Å². The lowest BCUT2D eigenvalue weighted by Gasteiger charge is -2.33. The summed E-state index contributed by atoms with van der Waals surface area (Å²) in [5.74, 6) is -0.0444. The minimum Gasteiger partial charge on any atom is -0.395 e. The smallest absolute Gasteiger partial charge is 0.251 e. The Morgan fingerprint density at radius 3 is 2.67 bits per heavy atom. The molecule has 4 heteroatoms. The third kappa shape index (κ3) is 3.77. The molecule has 3 rings (SSSR count). The Bertz CT molecular complexity index is 672. The molecule has 126 valence electrons. The van der Waals surface area contributed by atoms with Crippen LogP contribution in [-0.2, 0) is 6.42 Å². The summed E-state index contributed by atoms with van der Waals surface area (Å²) >= 11 is 0. The quantitative estimate of drug-likeness (QED) is 0.889. The largest absolute Gasteiger partial charge is 0.395 e. The molecule has 2 aromatic rings. The maximum atomic E-state index is 12.3. The second-order valence-electron chi connectivity index (χ2n) is 6.17. The molecule has 1 unspecified atom stereocenters. The van der Waals surface area contributed by atoms with Crippen molar-refractivity contribution in [2.45, 2.75) is 25.3 Å². The zero-order valence-corrected chi connectivity index (χ0v) is 13.8. The van der Waals surface area contributed by atoms with Crippen LogP contribution >= 0.6 is 0 Å². The second kappa shape index (κ2) is 7.97. The van der Waals surface area contributed by atoms with Gasteiger partial charge in [0.2, 0.25) is 0 Å². The summed E-state index contributed by atoms with van der Waals surface area (Å²) in [6, 6.07) is 17.9. The van der Waals surface area contributed by atoms with Crippen molar-refractivity contribution >= 4 is 11.6 Å². The minimum atomic E-state index is -0.0444. The van der Waals surface area contributed by atoms with Gasteiger partial charge in [-0.2, -0.15) is 0 Å². The Labute approximate surface area is 143 Å². The van der Waals surface area contributed by atoms with Gasteiger partial charge in [0.1, 0.15) is 0 Å². The molecule has 1 amide bonds. The number of β-amino-alcohol motifs (C(OH)–C–C–N with tert-alkyl or cyclic N) is 1. The van der Waals surface area contributed by atoms with Crippen LogP contribution in [0.5, 0.6) is 0 Å². The summed E-state index contributed by atoms with van der Waals surface area (Å²) in [6.45, 7) is 1.28. The molecule has 0 spiro atoms. The first-order valence-electron chi connectivity index (χ1n) is 8.58. The highest BCUT2D eigenvalue weighted by molar-refractivity contribution is 5.94.